The molecule has 0 aromatic carbocycles. The van der Waals surface area contributed by atoms with Crippen molar-refractivity contribution < 1.29 is 13.2 Å². The number of nitrogens with one attached hydrogen (secondary N) is 2. The molecule has 1 unspecified atom stereocenters. The van der Waals surface area contributed by atoms with Crippen molar-refractivity contribution >= 4 is 15.9 Å². The third-order valence-corrected chi connectivity index (χ3v) is 6.85. The molecule has 2 fully saturated rings. The second kappa shape index (κ2) is 7.13. The van der Waals surface area contributed by atoms with Crippen LogP contribution in [0.15, 0.2) is 12.4 Å². The van der Waals surface area contributed by atoms with Crippen LogP contribution in [-0.4, -0.2) is 48.3 Å². The number of carbonyl (C=O) groups excluding carboxylic acids is 1. The second-order valence-corrected chi connectivity index (χ2v) is 9.36. The maximum absolute atomic E-state index is 12.0. The largest absolute Gasteiger partial charge is 0.338 e. The normalized spacial score (nSPS) is 29.3. The molecule has 7 nitrogen and oxygen atoms in total. The number of aromatic nitrogens is 2. The van der Waals surface area contributed by atoms with Crippen LogP contribution in [0.3, 0.4) is 0 Å². The standard InChI is InChI=1S/C16H26N4O3S/c1-12-8-18-20(10-12)15-4-2-14(3-5-15)19-16(21)17-9-13-6-7-24(22,23)11-13/h8,10,13-15H,2-7,9,11H2,1H3,(H2,17,19,21). The van der Waals surface area contributed by atoms with E-state index in [1.165, 1.54) is 5.56 Å². The van der Waals surface area contributed by atoms with Crippen LogP contribution in [0.4, 0.5) is 4.79 Å². The topological polar surface area (TPSA) is 93.1 Å². The van der Waals surface area contributed by atoms with Gasteiger partial charge in [-0.15, -0.1) is 0 Å². The SMILES string of the molecule is Cc1cnn(C2CCC(NC(=O)NCC3CCS(=O)(=O)C3)CC2)c1. The molecule has 0 spiro atoms. The van der Waals surface area contributed by atoms with Crippen LogP contribution in [0.25, 0.3) is 0 Å². The lowest BCUT2D eigenvalue weighted by atomic mass is 9.91. The van der Waals surface area contributed by atoms with Crippen molar-refractivity contribution in [2.75, 3.05) is 18.1 Å². The highest BCUT2D eigenvalue weighted by Crippen LogP contribution is 2.28. The fourth-order valence-corrected chi connectivity index (χ4v) is 5.49. The molecular weight excluding hydrogens is 328 g/mol. The summed E-state index contributed by atoms with van der Waals surface area (Å²) in [4.78, 5) is 12.0. The molecule has 3 rings (SSSR count). The van der Waals surface area contributed by atoms with E-state index in [1.54, 1.807) is 0 Å². The predicted octanol–water partition coefficient (Wildman–Crippen LogP) is 1.41. The van der Waals surface area contributed by atoms with Gasteiger partial charge >= 0.3 is 6.03 Å². The van der Waals surface area contributed by atoms with Crippen molar-refractivity contribution in [2.45, 2.75) is 51.1 Å². The molecule has 0 bridgehead atoms. The summed E-state index contributed by atoms with van der Waals surface area (Å²) in [7, 11) is -2.88. The molecule has 1 aromatic rings. The smallest absolute Gasteiger partial charge is 0.315 e. The minimum absolute atomic E-state index is 0.0551. The minimum atomic E-state index is -2.88. The van der Waals surface area contributed by atoms with Crippen molar-refractivity contribution in [2.24, 2.45) is 5.92 Å². The van der Waals surface area contributed by atoms with Gasteiger partial charge in [0, 0.05) is 18.8 Å². The van der Waals surface area contributed by atoms with Crippen LogP contribution in [-0.2, 0) is 9.84 Å². The maximum Gasteiger partial charge on any atom is 0.315 e. The van der Waals surface area contributed by atoms with Gasteiger partial charge in [0.15, 0.2) is 9.84 Å². The molecule has 2 aliphatic rings. The third kappa shape index (κ3) is 4.49. The summed E-state index contributed by atoms with van der Waals surface area (Å²) in [6, 6.07) is 0.423. The number of rotatable bonds is 4. The first-order valence-corrected chi connectivity index (χ1v) is 10.5. The number of nitrogens with zero attached hydrogens (tertiary/aromatic N) is 2. The number of hydrogen-bond acceptors (Lipinski definition) is 4. The number of carbonyl (C=O) groups is 1. The van der Waals surface area contributed by atoms with E-state index in [4.69, 9.17) is 0 Å². The monoisotopic (exact) mass is 354 g/mol. The number of sulfone groups is 1. The van der Waals surface area contributed by atoms with E-state index in [1.807, 2.05) is 17.8 Å². The highest BCUT2D eigenvalue weighted by Gasteiger charge is 2.28. The van der Waals surface area contributed by atoms with Crippen LogP contribution in [0.1, 0.15) is 43.7 Å². The van der Waals surface area contributed by atoms with Gasteiger partial charge in [0.25, 0.3) is 0 Å². The fraction of sp³-hybridized carbons (Fsp3) is 0.750. The summed E-state index contributed by atoms with van der Waals surface area (Å²) in [5.74, 6) is 0.499. The highest BCUT2D eigenvalue weighted by atomic mass is 32.2. The average Bonchev–Trinajstić information content (AvgIpc) is 3.11. The number of amides is 2. The lowest BCUT2D eigenvalue weighted by molar-refractivity contribution is 0.224. The Morgan fingerprint density at radius 1 is 1.29 bits per heavy atom. The molecule has 2 heterocycles. The Balaban J connectivity index is 1.37. The maximum atomic E-state index is 12.0. The molecule has 1 aromatic heterocycles. The van der Waals surface area contributed by atoms with Crippen molar-refractivity contribution in [1.82, 2.24) is 20.4 Å². The van der Waals surface area contributed by atoms with Crippen LogP contribution in [0.2, 0.25) is 0 Å². The Bertz CT molecular complexity index is 677. The molecule has 134 valence electrons. The van der Waals surface area contributed by atoms with Crippen molar-refractivity contribution in [3.63, 3.8) is 0 Å². The van der Waals surface area contributed by atoms with E-state index in [-0.39, 0.29) is 29.5 Å². The van der Waals surface area contributed by atoms with E-state index in [9.17, 15) is 13.2 Å². The fourth-order valence-electron chi connectivity index (χ4n) is 3.62. The van der Waals surface area contributed by atoms with Gasteiger partial charge < -0.3 is 10.6 Å². The van der Waals surface area contributed by atoms with Crippen LogP contribution >= 0.6 is 0 Å². The molecule has 1 aliphatic carbocycles. The summed E-state index contributed by atoms with van der Waals surface area (Å²) in [5, 5.41) is 10.2. The zero-order chi connectivity index (χ0) is 17.2. The first-order valence-electron chi connectivity index (χ1n) is 8.67. The Morgan fingerprint density at radius 2 is 2.04 bits per heavy atom. The molecule has 1 aliphatic heterocycles. The Labute approximate surface area is 143 Å². The second-order valence-electron chi connectivity index (χ2n) is 7.13. The summed E-state index contributed by atoms with van der Waals surface area (Å²) in [6.45, 7) is 2.48. The van der Waals surface area contributed by atoms with Crippen LogP contribution < -0.4 is 10.6 Å². The summed E-state index contributed by atoms with van der Waals surface area (Å²) < 4.78 is 24.9. The van der Waals surface area contributed by atoms with E-state index in [0.29, 0.717) is 19.0 Å². The van der Waals surface area contributed by atoms with Gasteiger partial charge in [-0.1, -0.05) is 0 Å². The first-order chi connectivity index (χ1) is 11.4. The van der Waals surface area contributed by atoms with Gasteiger partial charge in [0.2, 0.25) is 0 Å². The molecule has 8 heteroatoms. The molecule has 1 saturated heterocycles. The van der Waals surface area contributed by atoms with Crippen LogP contribution in [0, 0.1) is 12.8 Å². The first kappa shape index (κ1) is 17.3. The average molecular weight is 354 g/mol. The van der Waals surface area contributed by atoms with Gasteiger partial charge in [0.05, 0.1) is 23.7 Å². The zero-order valence-electron chi connectivity index (χ0n) is 14.1. The van der Waals surface area contributed by atoms with Gasteiger partial charge in [0.1, 0.15) is 0 Å². The Morgan fingerprint density at radius 3 is 2.62 bits per heavy atom. The van der Waals surface area contributed by atoms with Gasteiger partial charge in [-0.05, 0) is 50.5 Å². The summed E-state index contributed by atoms with van der Waals surface area (Å²) >= 11 is 0. The van der Waals surface area contributed by atoms with E-state index in [2.05, 4.69) is 21.9 Å². The quantitative estimate of drug-likeness (QED) is 0.855. The molecule has 1 saturated carbocycles. The zero-order valence-corrected chi connectivity index (χ0v) is 14.9. The highest BCUT2D eigenvalue weighted by molar-refractivity contribution is 7.91. The molecule has 24 heavy (non-hydrogen) atoms. The summed E-state index contributed by atoms with van der Waals surface area (Å²) in [5.41, 5.74) is 1.17. The van der Waals surface area contributed by atoms with Gasteiger partial charge in [-0.2, -0.15) is 5.10 Å². The molecular formula is C16H26N4O3S. The lowest BCUT2D eigenvalue weighted by Gasteiger charge is -2.29. The predicted molar refractivity (Wildman–Crippen MR) is 91.6 cm³/mol. The molecule has 2 amide bonds. The van der Waals surface area contributed by atoms with Crippen molar-refractivity contribution in [3.8, 4) is 0 Å². The number of urea groups is 1. The van der Waals surface area contributed by atoms with E-state index < -0.39 is 9.84 Å². The van der Waals surface area contributed by atoms with Crippen molar-refractivity contribution in [1.29, 1.82) is 0 Å². The molecule has 0 radical (unpaired) electrons. The molecule has 2 N–H and O–H groups in total. The van der Waals surface area contributed by atoms with Gasteiger partial charge in [-0.25, -0.2) is 13.2 Å². The molecule has 1 atom stereocenters. The summed E-state index contributed by atoms with van der Waals surface area (Å²) in [6.07, 6.45) is 8.49. The Hall–Kier alpha value is -1.57. The minimum Gasteiger partial charge on any atom is -0.338 e. The van der Waals surface area contributed by atoms with Gasteiger partial charge in [-0.3, -0.25) is 4.68 Å². The van der Waals surface area contributed by atoms with Crippen LogP contribution in [0.5, 0.6) is 0 Å². The van der Waals surface area contributed by atoms with E-state index in [0.717, 1.165) is 25.7 Å². The van der Waals surface area contributed by atoms with Crippen molar-refractivity contribution in [3.05, 3.63) is 18.0 Å². The number of hydrogen-bond donors (Lipinski definition) is 2. The number of aryl methyl sites for hydroxylation is 1. The lowest BCUT2D eigenvalue weighted by Crippen LogP contribution is -2.45. The third-order valence-electron chi connectivity index (χ3n) is 5.01. The van der Waals surface area contributed by atoms with E-state index >= 15 is 0 Å². The Kier molecular flexibility index (Phi) is 5.12.